The Bertz CT molecular complexity index is 510. The van der Waals surface area contributed by atoms with Crippen LogP contribution in [-0.4, -0.2) is 15.7 Å². The van der Waals surface area contributed by atoms with E-state index in [4.69, 9.17) is 11.6 Å². The Morgan fingerprint density at radius 2 is 2.11 bits per heavy atom. The van der Waals surface area contributed by atoms with Gasteiger partial charge in [-0.25, -0.2) is 0 Å². The molecular weight excluding hydrogens is 312 g/mol. The monoisotopic (exact) mass is 326 g/mol. The number of nitrogens with zero attached hydrogens (tertiary/aromatic N) is 2. The quantitative estimate of drug-likeness (QED) is 0.763. The van der Waals surface area contributed by atoms with E-state index < -0.39 is 0 Å². The highest BCUT2D eigenvalue weighted by Gasteiger charge is 2.12. The van der Waals surface area contributed by atoms with Crippen LogP contribution < -0.4 is 0 Å². The second kappa shape index (κ2) is 6.39. The van der Waals surface area contributed by atoms with Crippen molar-refractivity contribution < 1.29 is 0 Å². The van der Waals surface area contributed by atoms with Gasteiger partial charge in [-0.2, -0.15) is 5.10 Å². The summed E-state index contributed by atoms with van der Waals surface area (Å²) in [6.45, 7) is 0. The van der Waals surface area contributed by atoms with Crippen molar-refractivity contribution in [1.82, 2.24) is 9.78 Å². The predicted octanol–water partition coefficient (Wildman–Crippen LogP) is 3.82. The molecule has 2 rings (SSSR count). The fourth-order valence-electron chi connectivity index (χ4n) is 2.07. The molecule has 0 bridgehead atoms. The number of aromatic nitrogens is 2. The Kier molecular flexibility index (Phi) is 4.84. The zero-order valence-corrected chi connectivity index (χ0v) is 12.7. The van der Waals surface area contributed by atoms with Gasteiger partial charge in [0.15, 0.2) is 0 Å². The molecule has 96 valence electrons. The molecule has 1 aromatic carbocycles. The molecule has 1 heterocycles. The largest absolute Gasteiger partial charge is 0.276 e. The van der Waals surface area contributed by atoms with E-state index in [1.54, 1.807) is 0 Å². The minimum atomic E-state index is 0.439. The fraction of sp³-hybridized carbons (Fsp3) is 0.357. The number of hydrogen-bond donors (Lipinski definition) is 0. The van der Waals surface area contributed by atoms with Crippen LogP contribution in [0.3, 0.4) is 0 Å². The Balaban J connectivity index is 2.04. The van der Waals surface area contributed by atoms with Crippen molar-refractivity contribution in [3.8, 4) is 0 Å². The van der Waals surface area contributed by atoms with E-state index in [2.05, 4.69) is 45.4 Å². The molecule has 0 aliphatic heterocycles. The van der Waals surface area contributed by atoms with Crippen LogP contribution in [0.1, 0.15) is 11.1 Å². The van der Waals surface area contributed by atoms with Gasteiger partial charge in [-0.3, -0.25) is 4.68 Å². The summed E-state index contributed by atoms with van der Waals surface area (Å²) in [5.74, 6) is 1.10. The second-order valence-electron chi connectivity index (χ2n) is 4.54. The van der Waals surface area contributed by atoms with Crippen molar-refractivity contribution in [3.05, 3.63) is 52.3 Å². The summed E-state index contributed by atoms with van der Waals surface area (Å²) < 4.78 is 2.99. The smallest absolute Gasteiger partial charge is 0.0521 e. The van der Waals surface area contributed by atoms with Crippen molar-refractivity contribution in [3.63, 3.8) is 0 Å². The second-order valence-corrected chi connectivity index (χ2v) is 5.71. The molecule has 0 saturated carbocycles. The van der Waals surface area contributed by atoms with E-state index in [-0.39, 0.29) is 0 Å². The van der Waals surface area contributed by atoms with Crippen molar-refractivity contribution in [2.75, 3.05) is 5.88 Å². The third-order valence-electron chi connectivity index (χ3n) is 2.97. The first-order valence-electron chi connectivity index (χ1n) is 5.96. The molecule has 0 amide bonds. The van der Waals surface area contributed by atoms with Gasteiger partial charge >= 0.3 is 0 Å². The highest BCUT2D eigenvalue weighted by Crippen LogP contribution is 2.22. The van der Waals surface area contributed by atoms with Crippen LogP contribution in [-0.2, 0) is 19.9 Å². The Labute approximate surface area is 121 Å². The van der Waals surface area contributed by atoms with Gasteiger partial charge in [0.25, 0.3) is 0 Å². The molecule has 2 aromatic rings. The molecule has 0 aliphatic carbocycles. The molecular formula is C14H16BrClN2. The van der Waals surface area contributed by atoms with Crippen LogP contribution >= 0.6 is 27.5 Å². The molecule has 0 spiro atoms. The highest BCUT2D eigenvalue weighted by molar-refractivity contribution is 9.10. The molecule has 18 heavy (non-hydrogen) atoms. The standard InChI is InChI=1S/C14H16BrClN2/c1-18-10-12(9-17-18)6-11(8-16)7-13-4-2-3-5-14(13)15/h2-5,9-11H,6-8H2,1H3. The summed E-state index contributed by atoms with van der Waals surface area (Å²) >= 11 is 9.67. The Morgan fingerprint density at radius 1 is 1.33 bits per heavy atom. The van der Waals surface area contributed by atoms with Crippen LogP contribution in [0.15, 0.2) is 41.1 Å². The van der Waals surface area contributed by atoms with E-state index >= 15 is 0 Å². The fourth-order valence-corrected chi connectivity index (χ4v) is 2.73. The lowest BCUT2D eigenvalue weighted by molar-refractivity contribution is 0.582. The lowest BCUT2D eigenvalue weighted by Gasteiger charge is -2.13. The van der Waals surface area contributed by atoms with Crippen LogP contribution in [0.4, 0.5) is 0 Å². The van der Waals surface area contributed by atoms with Gasteiger partial charge in [0.1, 0.15) is 0 Å². The molecule has 1 unspecified atom stereocenters. The van der Waals surface area contributed by atoms with E-state index in [0.717, 1.165) is 17.3 Å². The molecule has 0 fully saturated rings. The predicted molar refractivity (Wildman–Crippen MR) is 79.0 cm³/mol. The van der Waals surface area contributed by atoms with Gasteiger partial charge in [0, 0.05) is 23.6 Å². The number of benzene rings is 1. The van der Waals surface area contributed by atoms with E-state index in [9.17, 15) is 0 Å². The summed E-state index contributed by atoms with van der Waals surface area (Å²) in [5.41, 5.74) is 2.56. The molecule has 1 atom stereocenters. The number of hydrogen-bond acceptors (Lipinski definition) is 1. The van der Waals surface area contributed by atoms with Gasteiger partial charge < -0.3 is 0 Å². The van der Waals surface area contributed by atoms with E-state index in [1.165, 1.54) is 11.1 Å². The zero-order chi connectivity index (χ0) is 13.0. The Hall–Kier alpha value is -0.800. The first-order valence-corrected chi connectivity index (χ1v) is 7.28. The number of aryl methyl sites for hydroxylation is 1. The van der Waals surface area contributed by atoms with E-state index in [1.807, 2.05) is 24.0 Å². The highest BCUT2D eigenvalue weighted by atomic mass is 79.9. The van der Waals surface area contributed by atoms with Gasteiger partial charge in [0.2, 0.25) is 0 Å². The summed E-state index contributed by atoms with van der Waals surface area (Å²) in [6, 6.07) is 8.32. The third-order valence-corrected chi connectivity index (χ3v) is 4.18. The average Bonchev–Trinajstić information content (AvgIpc) is 2.76. The van der Waals surface area contributed by atoms with Crippen LogP contribution in [0.5, 0.6) is 0 Å². The van der Waals surface area contributed by atoms with Crippen LogP contribution in [0, 0.1) is 5.92 Å². The maximum atomic E-state index is 6.08. The lowest BCUT2D eigenvalue weighted by Crippen LogP contribution is -2.10. The average molecular weight is 328 g/mol. The van der Waals surface area contributed by atoms with Crippen molar-refractivity contribution >= 4 is 27.5 Å². The summed E-state index contributed by atoms with van der Waals surface area (Å²) in [7, 11) is 1.94. The van der Waals surface area contributed by atoms with Crippen LogP contribution in [0.2, 0.25) is 0 Å². The molecule has 4 heteroatoms. The molecule has 0 aliphatic rings. The SMILES string of the molecule is Cn1cc(CC(CCl)Cc2ccccc2Br)cn1. The Morgan fingerprint density at radius 3 is 2.72 bits per heavy atom. The van der Waals surface area contributed by atoms with Gasteiger partial charge in [-0.05, 0) is 36.0 Å². The van der Waals surface area contributed by atoms with Gasteiger partial charge in [-0.1, -0.05) is 34.1 Å². The first kappa shape index (κ1) is 13.6. The topological polar surface area (TPSA) is 17.8 Å². The molecule has 2 nitrogen and oxygen atoms in total. The number of rotatable bonds is 5. The summed E-state index contributed by atoms with van der Waals surface area (Å²) in [4.78, 5) is 0. The van der Waals surface area contributed by atoms with Crippen LogP contribution in [0.25, 0.3) is 0 Å². The maximum Gasteiger partial charge on any atom is 0.0521 e. The summed E-state index contributed by atoms with van der Waals surface area (Å²) in [5, 5.41) is 4.19. The van der Waals surface area contributed by atoms with Crippen molar-refractivity contribution in [2.24, 2.45) is 13.0 Å². The van der Waals surface area contributed by atoms with Gasteiger partial charge in [0.05, 0.1) is 6.20 Å². The minimum absolute atomic E-state index is 0.439. The van der Waals surface area contributed by atoms with Gasteiger partial charge in [-0.15, -0.1) is 11.6 Å². The molecule has 0 N–H and O–H groups in total. The number of alkyl halides is 1. The summed E-state index contributed by atoms with van der Waals surface area (Å²) in [6.07, 6.45) is 5.93. The molecule has 1 aromatic heterocycles. The first-order chi connectivity index (χ1) is 8.69. The van der Waals surface area contributed by atoms with E-state index in [0.29, 0.717) is 11.8 Å². The number of halogens is 2. The minimum Gasteiger partial charge on any atom is -0.276 e. The lowest BCUT2D eigenvalue weighted by atomic mass is 9.95. The van der Waals surface area contributed by atoms with Crippen molar-refractivity contribution in [2.45, 2.75) is 12.8 Å². The zero-order valence-electron chi connectivity index (χ0n) is 10.3. The maximum absolute atomic E-state index is 6.08. The normalized spacial score (nSPS) is 12.6. The van der Waals surface area contributed by atoms with Crippen molar-refractivity contribution in [1.29, 1.82) is 0 Å². The third kappa shape index (κ3) is 3.59. The molecule has 0 saturated heterocycles. The molecule has 0 radical (unpaired) electrons.